The van der Waals surface area contributed by atoms with Crippen molar-refractivity contribution in [3.63, 3.8) is 0 Å². The number of carbonyl (C=O) groups is 1. The molecule has 0 saturated heterocycles. The number of hydrogen-bond acceptors (Lipinski definition) is 4. The topological polar surface area (TPSA) is 70.6 Å². The van der Waals surface area contributed by atoms with Crippen LogP contribution in [-0.4, -0.2) is 28.9 Å². The van der Waals surface area contributed by atoms with E-state index in [1.54, 1.807) is 20.8 Å². The summed E-state index contributed by atoms with van der Waals surface area (Å²) in [5, 5.41) is 15.5. The van der Waals surface area contributed by atoms with Crippen LogP contribution in [0.25, 0.3) is 0 Å². The van der Waals surface area contributed by atoms with Gasteiger partial charge in [0.15, 0.2) is 0 Å². The summed E-state index contributed by atoms with van der Waals surface area (Å²) in [5.74, 6) is -0.377. The number of hydrogen-bond donors (Lipinski definition) is 3. The van der Waals surface area contributed by atoms with E-state index in [-0.39, 0.29) is 18.0 Å². The molecule has 0 aliphatic heterocycles. The highest BCUT2D eigenvalue weighted by Crippen LogP contribution is 2.28. The summed E-state index contributed by atoms with van der Waals surface area (Å²) < 4.78 is 18.8. The Morgan fingerprint density at radius 2 is 1.87 bits per heavy atom. The van der Waals surface area contributed by atoms with Crippen LogP contribution in [0.4, 0.5) is 20.6 Å². The van der Waals surface area contributed by atoms with Crippen LogP contribution in [0.1, 0.15) is 46.5 Å². The fraction of sp³-hybridized carbons (Fsp3) is 0.588. The van der Waals surface area contributed by atoms with Gasteiger partial charge in [-0.3, -0.25) is 5.32 Å². The second kappa shape index (κ2) is 7.17. The predicted octanol–water partition coefficient (Wildman–Crippen LogP) is 3.89. The summed E-state index contributed by atoms with van der Waals surface area (Å²) in [4.78, 5) is 11.9. The Morgan fingerprint density at radius 3 is 2.48 bits per heavy atom. The van der Waals surface area contributed by atoms with E-state index in [2.05, 4.69) is 10.6 Å². The predicted molar refractivity (Wildman–Crippen MR) is 88.1 cm³/mol. The quantitative estimate of drug-likeness (QED) is 0.789. The summed E-state index contributed by atoms with van der Waals surface area (Å²) in [6.45, 7) is 5.34. The van der Waals surface area contributed by atoms with Gasteiger partial charge in [0.05, 0.1) is 17.5 Å². The van der Waals surface area contributed by atoms with Crippen molar-refractivity contribution in [2.75, 3.05) is 10.6 Å². The van der Waals surface area contributed by atoms with E-state index in [1.807, 2.05) is 0 Å². The molecule has 0 aromatic heterocycles. The minimum absolute atomic E-state index is 0.152. The van der Waals surface area contributed by atoms with Crippen LogP contribution >= 0.6 is 0 Å². The maximum Gasteiger partial charge on any atom is 0.412 e. The molecule has 1 aliphatic carbocycles. The molecular weight excluding hydrogens is 299 g/mol. The van der Waals surface area contributed by atoms with Crippen LogP contribution in [-0.2, 0) is 4.74 Å². The number of anilines is 2. The van der Waals surface area contributed by atoms with Gasteiger partial charge in [0.2, 0.25) is 0 Å². The van der Waals surface area contributed by atoms with Crippen molar-refractivity contribution in [2.45, 2.75) is 64.2 Å². The third kappa shape index (κ3) is 5.71. The van der Waals surface area contributed by atoms with E-state index < -0.39 is 11.7 Å². The monoisotopic (exact) mass is 324 g/mol. The minimum atomic E-state index is -0.600. The maximum absolute atomic E-state index is 13.5. The van der Waals surface area contributed by atoms with Gasteiger partial charge in [-0.2, -0.15) is 0 Å². The van der Waals surface area contributed by atoms with E-state index >= 15 is 0 Å². The SMILES string of the molecule is CC(C)(C)OC(=O)Nc1ccc(F)cc1NC1CCC(O)CC1. The Labute approximate surface area is 136 Å². The van der Waals surface area contributed by atoms with Crippen LogP contribution in [0.3, 0.4) is 0 Å². The molecule has 2 rings (SSSR count). The number of aliphatic hydroxyl groups excluding tert-OH is 1. The van der Waals surface area contributed by atoms with Crippen LogP contribution < -0.4 is 10.6 Å². The molecule has 5 nitrogen and oxygen atoms in total. The number of halogens is 1. The van der Waals surface area contributed by atoms with E-state index in [0.717, 1.165) is 25.7 Å². The Morgan fingerprint density at radius 1 is 1.22 bits per heavy atom. The van der Waals surface area contributed by atoms with Gasteiger partial charge < -0.3 is 15.2 Å². The van der Waals surface area contributed by atoms with Crippen LogP contribution in [0.2, 0.25) is 0 Å². The summed E-state index contributed by atoms with van der Waals surface area (Å²) in [6, 6.07) is 4.32. The lowest BCUT2D eigenvalue weighted by molar-refractivity contribution is 0.0636. The maximum atomic E-state index is 13.5. The lowest BCUT2D eigenvalue weighted by Crippen LogP contribution is -2.30. The largest absolute Gasteiger partial charge is 0.444 e. The Balaban J connectivity index is 2.06. The van der Waals surface area contributed by atoms with Gasteiger partial charge in [-0.15, -0.1) is 0 Å². The number of amides is 1. The fourth-order valence-electron chi connectivity index (χ4n) is 2.60. The van der Waals surface area contributed by atoms with Crippen molar-refractivity contribution < 1.29 is 19.0 Å². The normalized spacial score (nSPS) is 21.6. The first-order chi connectivity index (χ1) is 10.7. The van der Waals surface area contributed by atoms with Crippen molar-refractivity contribution in [2.24, 2.45) is 0 Å². The van der Waals surface area contributed by atoms with Crippen molar-refractivity contribution in [1.82, 2.24) is 0 Å². The first kappa shape index (κ1) is 17.5. The standard InChI is InChI=1S/C17H25FN2O3/c1-17(2,3)23-16(22)20-14-9-4-11(18)10-15(14)19-12-5-7-13(21)8-6-12/h4,9-10,12-13,19,21H,5-8H2,1-3H3,(H,20,22). The lowest BCUT2D eigenvalue weighted by Gasteiger charge is -2.28. The minimum Gasteiger partial charge on any atom is -0.444 e. The summed E-state index contributed by atoms with van der Waals surface area (Å²) in [5.41, 5.74) is 0.404. The zero-order valence-electron chi connectivity index (χ0n) is 13.9. The van der Waals surface area contributed by atoms with E-state index in [0.29, 0.717) is 11.4 Å². The van der Waals surface area contributed by atoms with Gasteiger partial charge in [-0.1, -0.05) is 0 Å². The Bertz CT molecular complexity index is 549. The number of benzene rings is 1. The van der Waals surface area contributed by atoms with Gasteiger partial charge in [-0.05, 0) is 64.7 Å². The van der Waals surface area contributed by atoms with Crippen LogP contribution in [0.15, 0.2) is 18.2 Å². The van der Waals surface area contributed by atoms with Crippen molar-refractivity contribution >= 4 is 17.5 Å². The number of rotatable bonds is 3. The van der Waals surface area contributed by atoms with Crippen molar-refractivity contribution in [1.29, 1.82) is 0 Å². The molecule has 23 heavy (non-hydrogen) atoms. The number of nitrogens with one attached hydrogen (secondary N) is 2. The second-order valence-corrected chi connectivity index (χ2v) is 6.97. The second-order valence-electron chi connectivity index (χ2n) is 6.97. The molecule has 0 bridgehead atoms. The fourth-order valence-corrected chi connectivity index (χ4v) is 2.60. The molecule has 0 unspecified atom stereocenters. The molecule has 1 aromatic rings. The summed E-state index contributed by atoms with van der Waals surface area (Å²) >= 11 is 0. The van der Waals surface area contributed by atoms with E-state index in [9.17, 15) is 14.3 Å². The zero-order valence-corrected chi connectivity index (χ0v) is 13.9. The van der Waals surface area contributed by atoms with Crippen molar-refractivity contribution in [3.05, 3.63) is 24.0 Å². The molecule has 3 N–H and O–H groups in total. The molecule has 0 spiro atoms. The van der Waals surface area contributed by atoms with Gasteiger partial charge >= 0.3 is 6.09 Å². The molecule has 1 amide bonds. The highest BCUT2D eigenvalue weighted by Gasteiger charge is 2.21. The number of aliphatic hydroxyl groups is 1. The first-order valence-electron chi connectivity index (χ1n) is 7.97. The average molecular weight is 324 g/mol. The summed E-state index contributed by atoms with van der Waals surface area (Å²) in [7, 11) is 0. The molecule has 0 atom stereocenters. The smallest absolute Gasteiger partial charge is 0.412 e. The molecular formula is C17H25FN2O3. The molecule has 1 fully saturated rings. The number of carbonyl (C=O) groups excluding carboxylic acids is 1. The van der Waals surface area contributed by atoms with Gasteiger partial charge in [0.25, 0.3) is 0 Å². The van der Waals surface area contributed by atoms with Gasteiger partial charge in [0.1, 0.15) is 11.4 Å². The van der Waals surface area contributed by atoms with Gasteiger partial charge in [0, 0.05) is 6.04 Å². The third-order valence-corrected chi connectivity index (χ3v) is 3.67. The highest BCUT2D eigenvalue weighted by atomic mass is 19.1. The van der Waals surface area contributed by atoms with Crippen LogP contribution in [0, 0.1) is 5.82 Å². The first-order valence-corrected chi connectivity index (χ1v) is 7.97. The lowest BCUT2D eigenvalue weighted by atomic mass is 9.93. The van der Waals surface area contributed by atoms with Gasteiger partial charge in [-0.25, -0.2) is 9.18 Å². The molecule has 128 valence electrons. The molecule has 6 heteroatoms. The highest BCUT2D eigenvalue weighted by molar-refractivity contribution is 5.89. The summed E-state index contributed by atoms with van der Waals surface area (Å²) in [6.07, 6.45) is 2.24. The molecule has 1 saturated carbocycles. The van der Waals surface area contributed by atoms with E-state index in [1.165, 1.54) is 18.2 Å². The van der Waals surface area contributed by atoms with E-state index in [4.69, 9.17) is 4.74 Å². The zero-order chi connectivity index (χ0) is 17.0. The Kier molecular flexibility index (Phi) is 5.46. The molecule has 0 radical (unpaired) electrons. The van der Waals surface area contributed by atoms with Crippen molar-refractivity contribution in [3.8, 4) is 0 Å². The molecule has 0 heterocycles. The molecule has 1 aromatic carbocycles. The molecule has 1 aliphatic rings. The Hall–Kier alpha value is -1.82. The average Bonchev–Trinajstić information content (AvgIpc) is 2.42. The van der Waals surface area contributed by atoms with Crippen LogP contribution in [0.5, 0.6) is 0 Å². The third-order valence-electron chi connectivity index (χ3n) is 3.67. The number of ether oxygens (including phenoxy) is 1.